The van der Waals surface area contributed by atoms with E-state index in [1.807, 2.05) is 37.3 Å². The highest BCUT2D eigenvalue weighted by atomic mass is 32.2. The van der Waals surface area contributed by atoms with Gasteiger partial charge in [0.25, 0.3) is 10.0 Å². The van der Waals surface area contributed by atoms with Crippen LogP contribution in [-0.2, 0) is 14.8 Å². The van der Waals surface area contributed by atoms with Gasteiger partial charge in [0, 0.05) is 18.8 Å². The normalized spacial score (nSPS) is 11.1. The number of carbonyl (C=O) groups is 1. The summed E-state index contributed by atoms with van der Waals surface area (Å²) in [6, 6.07) is 22.3. The van der Waals surface area contributed by atoms with Gasteiger partial charge >= 0.3 is 0 Å². The van der Waals surface area contributed by atoms with E-state index in [4.69, 9.17) is 17.0 Å². The third-order valence-electron chi connectivity index (χ3n) is 4.75. The smallest absolute Gasteiger partial charge is 0.264 e. The fraction of sp³-hybridized carbons (Fsp3) is 0.120. The number of ether oxygens (including phenoxy) is 1. The summed E-state index contributed by atoms with van der Waals surface area (Å²) in [5, 5.41) is 5.53. The van der Waals surface area contributed by atoms with Crippen LogP contribution in [0, 0.1) is 0 Å². The molecule has 0 radical (unpaired) electrons. The molecular formula is C25H25N3O4S2. The van der Waals surface area contributed by atoms with E-state index in [1.165, 1.54) is 29.6 Å². The van der Waals surface area contributed by atoms with Gasteiger partial charge in [0.2, 0.25) is 5.91 Å². The zero-order valence-electron chi connectivity index (χ0n) is 18.8. The maximum atomic E-state index is 12.9. The van der Waals surface area contributed by atoms with Crippen molar-refractivity contribution in [1.29, 1.82) is 0 Å². The number of hydrogen-bond acceptors (Lipinski definition) is 5. The Labute approximate surface area is 205 Å². The molecule has 7 nitrogen and oxygen atoms in total. The maximum absolute atomic E-state index is 12.9. The molecule has 3 aromatic rings. The third-order valence-corrected chi connectivity index (χ3v) is 6.75. The van der Waals surface area contributed by atoms with Gasteiger partial charge in [0.15, 0.2) is 5.11 Å². The van der Waals surface area contributed by atoms with E-state index in [0.717, 1.165) is 11.3 Å². The number of thiocarbonyl (C=S) groups is 1. The molecule has 0 heterocycles. The van der Waals surface area contributed by atoms with Crippen LogP contribution in [0.1, 0.15) is 12.5 Å². The van der Waals surface area contributed by atoms with Crippen LogP contribution >= 0.6 is 12.2 Å². The van der Waals surface area contributed by atoms with E-state index in [2.05, 4.69) is 10.6 Å². The molecule has 2 N–H and O–H groups in total. The summed E-state index contributed by atoms with van der Waals surface area (Å²) in [4.78, 5) is 12.3. The third kappa shape index (κ3) is 6.66. The highest BCUT2D eigenvalue weighted by molar-refractivity contribution is 7.92. The molecule has 0 aliphatic carbocycles. The second-order valence-electron chi connectivity index (χ2n) is 7.11. The zero-order chi connectivity index (χ0) is 24.6. The number of sulfonamides is 1. The first-order valence-electron chi connectivity index (χ1n) is 10.5. The molecular weight excluding hydrogens is 470 g/mol. The Hall–Kier alpha value is -3.69. The van der Waals surface area contributed by atoms with Crippen LogP contribution in [0.2, 0.25) is 0 Å². The molecule has 176 valence electrons. The van der Waals surface area contributed by atoms with Gasteiger partial charge in [-0.2, -0.15) is 0 Å². The maximum Gasteiger partial charge on any atom is 0.264 e. The molecule has 0 aromatic heterocycles. The number of para-hydroxylation sites is 1. The Morgan fingerprint density at radius 1 is 1.00 bits per heavy atom. The Balaban J connectivity index is 1.56. The van der Waals surface area contributed by atoms with Gasteiger partial charge in [0.05, 0.1) is 17.2 Å². The molecule has 0 spiro atoms. The van der Waals surface area contributed by atoms with Crippen molar-refractivity contribution in [3.8, 4) is 5.75 Å². The molecule has 0 saturated carbocycles. The number of carbonyl (C=O) groups excluding carboxylic acids is 1. The number of hydrogen-bond donors (Lipinski definition) is 2. The summed E-state index contributed by atoms with van der Waals surface area (Å²) in [6.07, 6.45) is 3.04. The van der Waals surface area contributed by atoms with Crippen LogP contribution in [0.4, 0.5) is 11.4 Å². The van der Waals surface area contributed by atoms with Crippen molar-refractivity contribution in [3.05, 3.63) is 90.5 Å². The molecule has 0 unspecified atom stereocenters. The first-order valence-corrected chi connectivity index (χ1v) is 12.3. The number of anilines is 2. The van der Waals surface area contributed by atoms with E-state index in [1.54, 1.807) is 42.5 Å². The minimum absolute atomic E-state index is 0.0957. The Bertz CT molecular complexity index is 1260. The summed E-state index contributed by atoms with van der Waals surface area (Å²) in [6.45, 7) is 2.50. The highest BCUT2D eigenvalue weighted by Gasteiger charge is 2.21. The first-order chi connectivity index (χ1) is 16.3. The first kappa shape index (κ1) is 24.9. The number of rotatable bonds is 8. The van der Waals surface area contributed by atoms with Crippen molar-refractivity contribution in [2.45, 2.75) is 11.8 Å². The lowest BCUT2D eigenvalue weighted by molar-refractivity contribution is -0.115. The minimum Gasteiger partial charge on any atom is -0.494 e. The highest BCUT2D eigenvalue weighted by Crippen LogP contribution is 2.22. The van der Waals surface area contributed by atoms with Crippen molar-refractivity contribution >= 4 is 50.7 Å². The van der Waals surface area contributed by atoms with Crippen LogP contribution in [0.15, 0.2) is 89.8 Å². The number of nitrogens with zero attached hydrogens (tertiary/aromatic N) is 1. The van der Waals surface area contributed by atoms with Crippen LogP contribution in [0.3, 0.4) is 0 Å². The summed E-state index contributed by atoms with van der Waals surface area (Å²) >= 11 is 5.18. The van der Waals surface area contributed by atoms with Crippen LogP contribution in [0.25, 0.3) is 6.08 Å². The zero-order valence-corrected chi connectivity index (χ0v) is 20.4. The van der Waals surface area contributed by atoms with Crippen molar-refractivity contribution in [2.75, 3.05) is 23.3 Å². The molecule has 3 rings (SSSR count). The van der Waals surface area contributed by atoms with E-state index in [0.29, 0.717) is 18.0 Å². The van der Waals surface area contributed by atoms with E-state index in [9.17, 15) is 13.2 Å². The van der Waals surface area contributed by atoms with Crippen LogP contribution in [-0.4, -0.2) is 33.1 Å². The molecule has 0 aliphatic heterocycles. The average Bonchev–Trinajstić information content (AvgIpc) is 2.84. The quantitative estimate of drug-likeness (QED) is 0.355. The summed E-state index contributed by atoms with van der Waals surface area (Å²) in [5.74, 6) is 0.370. The Morgan fingerprint density at radius 2 is 1.65 bits per heavy atom. The summed E-state index contributed by atoms with van der Waals surface area (Å²) < 4.78 is 32.3. The van der Waals surface area contributed by atoms with E-state index < -0.39 is 15.9 Å². The van der Waals surface area contributed by atoms with E-state index >= 15 is 0 Å². The Kier molecular flexibility index (Phi) is 8.39. The lowest BCUT2D eigenvalue weighted by Gasteiger charge is -2.19. The second-order valence-corrected chi connectivity index (χ2v) is 9.49. The van der Waals surface area contributed by atoms with Crippen LogP contribution < -0.4 is 19.7 Å². The van der Waals surface area contributed by atoms with E-state index in [-0.39, 0.29) is 10.0 Å². The van der Waals surface area contributed by atoms with Gasteiger partial charge in [-0.15, -0.1) is 0 Å². The molecule has 0 bridgehead atoms. The standard InChI is InChI=1S/C25H25N3O4S2/c1-3-32-22-14-9-19(10-15-22)11-18-24(29)27-25(33)26-20-12-16-23(17-13-20)34(30,31)28(2)21-7-5-4-6-8-21/h4-18H,3H2,1-2H3,(H2,26,27,29,33)/b18-11+. The fourth-order valence-corrected chi connectivity index (χ4v) is 4.39. The number of nitrogens with one attached hydrogen (secondary N) is 2. The molecule has 9 heteroatoms. The van der Waals surface area contributed by atoms with Gasteiger partial charge in [-0.25, -0.2) is 8.42 Å². The Morgan fingerprint density at radius 3 is 2.26 bits per heavy atom. The van der Waals surface area contributed by atoms with Crippen molar-refractivity contribution in [3.63, 3.8) is 0 Å². The average molecular weight is 496 g/mol. The van der Waals surface area contributed by atoms with Crippen LogP contribution in [0.5, 0.6) is 5.75 Å². The molecule has 1 amide bonds. The van der Waals surface area contributed by atoms with Gasteiger partial charge < -0.3 is 10.1 Å². The largest absolute Gasteiger partial charge is 0.494 e. The second kappa shape index (κ2) is 11.4. The summed E-state index contributed by atoms with van der Waals surface area (Å²) in [7, 11) is -2.21. The summed E-state index contributed by atoms with van der Waals surface area (Å²) in [5.41, 5.74) is 1.95. The van der Waals surface area contributed by atoms with Crippen molar-refractivity contribution < 1.29 is 17.9 Å². The lowest BCUT2D eigenvalue weighted by Crippen LogP contribution is -2.32. The monoisotopic (exact) mass is 495 g/mol. The molecule has 0 aliphatic rings. The molecule has 0 atom stereocenters. The van der Waals surface area contributed by atoms with Gasteiger partial charge in [0.1, 0.15) is 5.75 Å². The topological polar surface area (TPSA) is 87.7 Å². The van der Waals surface area contributed by atoms with Gasteiger partial charge in [-0.3, -0.25) is 14.4 Å². The minimum atomic E-state index is -3.71. The molecule has 3 aromatic carbocycles. The number of benzene rings is 3. The lowest BCUT2D eigenvalue weighted by atomic mass is 10.2. The predicted octanol–water partition coefficient (Wildman–Crippen LogP) is 4.44. The predicted molar refractivity (Wildman–Crippen MR) is 139 cm³/mol. The van der Waals surface area contributed by atoms with Gasteiger partial charge in [-0.05, 0) is 79.3 Å². The van der Waals surface area contributed by atoms with Gasteiger partial charge in [-0.1, -0.05) is 30.3 Å². The number of amides is 1. The van der Waals surface area contributed by atoms with Crippen molar-refractivity contribution in [2.24, 2.45) is 0 Å². The molecule has 0 fully saturated rings. The molecule has 34 heavy (non-hydrogen) atoms. The van der Waals surface area contributed by atoms with Crippen molar-refractivity contribution in [1.82, 2.24) is 5.32 Å². The molecule has 0 saturated heterocycles. The SMILES string of the molecule is CCOc1ccc(/C=C/C(=O)NC(=S)Nc2ccc(S(=O)(=O)N(C)c3ccccc3)cc2)cc1. The fourth-order valence-electron chi connectivity index (χ4n) is 2.97.